The van der Waals surface area contributed by atoms with Crippen LogP contribution in [0.3, 0.4) is 0 Å². The predicted molar refractivity (Wildman–Crippen MR) is 81.2 cm³/mol. The van der Waals surface area contributed by atoms with Crippen molar-refractivity contribution in [1.29, 1.82) is 0 Å². The van der Waals surface area contributed by atoms with Crippen LogP contribution in [0.5, 0.6) is 0 Å². The summed E-state index contributed by atoms with van der Waals surface area (Å²) in [4.78, 5) is 3.06. The highest BCUT2D eigenvalue weighted by Gasteiger charge is 2.17. The van der Waals surface area contributed by atoms with E-state index in [-0.39, 0.29) is 0 Å². The summed E-state index contributed by atoms with van der Waals surface area (Å²) in [6, 6.07) is 9.66. The molecule has 1 atom stereocenters. The highest BCUT2D eigenvalue weighted by atomic mass is 32.2. The summed E-state index contributed by atoms with van der Waals surface area (Å²) >= 11 is 0. The van der Waals surface area contributed by atoms with Crippen molar-refractivity contribution in [2.24, 2.45) is 0 Å². The zero-order valence-corrected chi connectivity index (χ0v) is 13.1. The van der Waals surface area contributed by atoms with Crippen molar-refractivity contribution >= 4 is 10.8 Å². The molecule has 0 bridgehead atoms. The molecular formula is C16H21NO2S. The SMILES string of the molecule is CCN(CC)Cc1ccoc1S(=O)c1ccc(C)cc1. The van der Waals surface area contributed by atoms with Gasteiger partial charge in [-0.2, -0.15) is 0 Å². The second-order valence-electron chi connectivity index (χ2n) is 4.78. The maximum absolute atomic E-state index is 12.6. The third kappa shape index (κ3) is 3.38. The van der Waals surface area contributed by atoms with Gasteiger partial charge in [-0.15, -0.1) is 0 Å². The minimum atomic E-state index is -1.25. The van der Waals surface area contributed by atoms with E-state index in [1.165, 1.54) is 0 Å². The average Bonchev–Trinajstić information content (AvgIpc) is 2.92. The van der Waals surface area contributed by atoms with E-state index in [2.05, 4.69) is 18.7 Å². The smallest absolute Gasteiger partial charge is 0.199 e. The molecule has 2 rings (SSSR count). The highest BCUT2D eigenvalue weighted by Crippen LogP contribution is 2.23. The molecule has 20 heavy (non-hydrogen) atoms. The Hall–Kier alpha value is -1.39. The van der Waals surface area contributed by atoms with E-state index in [4.69, 9.17) is 4.42 Å². The molecule has 0 aliphatic rings. The molecule has 1 aromatic carbocycles. The summed E-state index contributed by atoms with van der Waals surface area (Å²) in [7, 11) is -1.25. The number of nitrogens with zero attached hydrogens (tertiary/aromatic N) is 1. The van der Waals surface area contributed by atoms with E-state index in [9.17, 15) is 4.21 Å². The van der Waals surface area contributed by atoms with Crippen molar-refractivity contribution in [2.75, 3.05) is 13.1 Å². The van der Waals surface area contributed by atoms with Crippen molar-refractivity contribution in [3.63, 3.8) is 0 Å². The van der Waals surface area contributed by atoms with Crippen LogP contribution in [0.2, 0.25) is 0 Å². The van der Waals surface area contributed by atoms with Gasteiger partial charge in [0.15, 0.2) is 5.09 Å². The molecule has 2 aromatic rings. The van der Waals surface area contributed by atoms with Crippen LogP contribution in [0, 0.1) is 6.92 Å². The third-order valence-electron chi connectivity index (χ3n) is 3.40. The molecule has 4 heteroatoms. The van der Waals surface area contributed by atoms with Crippen LogP contribution >= 0.6 is 0 Å². The van der Waals surface area contributed by atoms with Crippen LogP contribution in [0.15, 0.2) is 51.0 Å². The number of aryl methyl sites for hydroxylation is 1. The van der Waals surface area contributed by atoms with Crippen molar-refractivity contribution in [3.05, 3.63) is 47.7 Å². The van der Waals surface area contributed by atoms with Gasteiger partial charge in [0, 0.05) is 17.0 Å². The van der Waals surface area contributed by atoms with Crippen LogP contribution in [-0.2, 0) is 17.3 Å². The fraction of sp³-hybridized carbons (Fsp3) is 0.375. The Kier molecular flexibility index (Phi) is 5.15. The van der Waals surface area contributed by atoms with Gasteiger partial charge in [-0.25, -0.2) is 4.21 Å². The summed E-state index contributed by atoms with van der Waals surface area (Å²) in [5, 5.41) is 0.570. The molecule has 0 amide bonds. The zero-order chi connectivity index (χ0) is 14.5. The molecule has 0 spiro atoms. The minimum Gasteiger partial charge on any atom is -0.455 e. The molecule has 0 radical (unpaired) electrons. The Labute approximate surface area is 123 Å². The summed E-state index contributed by atoms with van der Waals surface area (Å²) in [5.41, 5.74) is 2.17. The maximum atomic E-state index is 12.6. The molecule has 0 fully saturated rings. The zero-order valence-electron chi connectivity index (χ0n) is 12.3. The molecular weight excluding hydrogens is 270 g/mol. The molecule has 0 saturated heterocycles. The standard InChI is InChI=1S/C16H21NO2S/c1-4-17(5-2)12-14-10-11-19-16(14)20(18)15-8-6-13(3)7-9-15/h6-11H,4-5,12H2,1-3H3. The first-order chi connectivity index (χ1) is 9.65. The molecule has 0 N–H and O–H groups in total. The van der Waals surface area contributed by atoms with E-state index in [1.807, 2.05) is 37.3 Å². The lowest BCUT2D eigenvalue weighted by molar-refractivity contribution is 0.289. The Morgan fingerprint density at radius 3 is 2.35 bits per heavy atom. The molecule has 1 heterocycles. The monoisotopic (exact) mass is 291 g/mol. The van der Waals surface area contributed by atoms with E-state index >= 15 is 0 Å². The quantitative estimate of drug-likeness (QED) is 0.815. The van der Waals surface area contributed by atoms with Crippen LogP contribution in [-0.4, -0.2) is 22.2 Å². The van der Waals surface area contributed by atoms with Crippen molar-refractivity contribution in [3.8, 4) is 0 Å². The molecule has 1 aromatic heterocycles. The van der Waals surface area contributed by atoms with Gasteiger partial charge < -0.3 is 4.42 Å². The van der Waals surface area contributed by atoms with Gasteiger partial charge in [0.25, 0.3) is 0 Å². The maximum Gasteiger partial charge on any atom is 0.199 e. The number of hydrogen-bond donors (Lipinski definition) is 0. The number of benzene rings is 1. The molecule has 108 valence electrons. The first-order valence-corrected chi connectivity index (χ1v) is 8.07. The summed E-state index contributed by atoms with van der Waals surface area (Å²) in [5.74, 6) is 0. The fourth-order valence-electron chi connectivity index (χ4n) is 2.06. The topological polar surface area (TPSA) is 33.5 Å². The number of rotatable bonds is 6. The van der Waals surface area contributed by atoms with Crippen molar-refractivity contribution < 1.29 is 8.63 Å². The Balaban J connectivity index is 2.23. The van der Waals surface area contributed by atoms with Gasteiger partial charge in [0.1, 0.15) is 10.8 Å². The van der Waals surface area contributed by atoms with E-state index in [0.29, 0.717) is 5.09 Å². The third-order valence-corrected chi connectivity index (χ3v) is 4.79. The first kappa shape index (κ1) is 15.0. The lowest BCUT2D eigenvalue weighted by Crippen LogP contribution is -2.22. The molecule has 0 aliphatic carbocycles. The van der Waals surface area contributed by atoms with E-state index in [1.54, 1.807) is 6.26 Å². The Bertz CT molecular complexity index is 570. The number of furan rings is 1. The van der Waals surface area contributed by atoms with Crippen LogP contribution in [0.25, 0.3) is 0 Å². The number of hydrogen-bond acceptors (Lipinski definition) is 3. The lowest BCUT2D eigenvalue weighted by Gasteiger charge is -2.17. The predicted octanol–water partition coefficient (Wildman–Crippen LogP) is 3.60. The van der Waals surface area contributed by atoms with Gasteiger partial charge in [0.2, 0.25) is 0 Å². The van der Waals surface area contributed by atoms with Gasteiger partial charge in [-0.05, 0) is 38.2 Å². The van der Waals surface area contributed by atoms with Gasteiger partial charge in [0.05, 0.1) is 6.26 Å². The van der Waals surface area contributed by atoms with E-state index in [0.717, 1.165) is 35.7 Å². The Morgan fingerprint density at radius 1 is 1.10 bits per heavy atom. The summed E-state index contributed by atoms with van der Waals surface area (Å²) < 4.78 is 18.1. The summed E-state index contributed by atoms with van der Waals surface area (Å²) in [6.45, 7) is 8.98. The van der Waals surface area contributed by atoms with Gasteiger partial charge in [-0.3, -0.25) is 4.90 Å². The van der Waals surface area contributed by atoms with Crippen LogP contribution < -0.4 is 0 Å². The van der Waals surface area contributed by atoms with Crippen molar-refractivity contribution in [2.45, 2.75) is 37.3 Å². The average molecular weight is 291 g/mol. The first-order valence-electron chi connectivity index (χ1n) is 6.92. The highest BCUT2D eigenvalue weighted by molar-refractivity contribution is 7.85. The largest absolute Gasteiger partial charge is 0.455 e. The van der Waals surface area contributed by atoms with Crippen molar-refractivity contribution in [1.82, 2.24) is 4.90 Å². The van der Waals surface area contributed by atoms with Crippen LogP contribution in [0.1, 0.15) is 25.0 Å². The Morgan fingerprint density at radius 2 is 1.75 bits per heavy atom. The van der Waals surface area contributed by atoms with Crippen LogP contribution in [0.4, 0.5) is 0 Å². The second-order valence-corrected chi connectivity index (χ2v) is 6.16. The van der Waals surface area contributed by atoms with Gasteiger partial charge in [-0.1, -0.05) is 31.5 Å². The minimum absolute atomic E-state index is 0.570. The summed E-state index contributed by atoms with van der Waals surface area (Å²) in [6.07, 6.45) is 1.63. The molecule has 1 unspecified atom stereocenters. The molecule has 0 aliphatic heterocycles. The molecule has 3 nitrogen and oxygen atoms in total. The second kappa shape index (κ2) is 6.86. The fourth-order valence-corrected chi connectivity index (χ4v) is 3.17. The molecule has 0 saturated carbocycles. The lowest BCUT2D eigenvalue weighted by atomic mass is 10.2. The van der Waals surface area contributed by atoms with E-state index < -0.39 is 10.8 Å². The van der Waals surface area contributed by atoms with Gasteiger partial charge >= 0.3 is 0 Å². The normalized spacial score (nSPS) is 12.8.